The molecular formula is C24H22N4OS2. The second kappa shape index (κ2) is 10.2. The van der Waals surface area contributed by atoms with E-state index in [2.05, 4.69) is 16.8 Å². The Morgan fingerprint density at radius 1 is 1.03 bits per heavy atom. The first-order valence-electron chi connectivity index (χ1n) is 9.86. The van der Waals surface area contributed by atoms with Gasteiger partial charge in [0.15, 0.2) is 11.0 Å². The van der Waals surface area contributed by atoms with Crippen molar-refractivity contribution in [3.63, 3.8) is 0 Å². The quantitative estimate of drug-likeness (QED) is 0.258. The zero-order valence-corrected chi connectivity index (χ0v) is 18.6. The molecule has 0 atom stereocenters. The maximum absolute atomic E-state index is 13.0. The largest absolute Gasteiger partial charge is 0.333 e. The molecule has 2 heterocycles. The van der Waals surface area contributed by atoms with Crippen LogP contribution in [0.25, 0.3) is 17.1 Å². The molecule has 2 aromatic heterocycles. The van der Waals surface area contributed by atoms with Crippen molar-refractivity contribution < 1.29 is 4.79 Å². The van der Waals surface area contributed by atoms with Crippen molar-refractivity contribution in [3.8, 4) is 17.1 Å². The lowest BCUT2D eigenvalue weighted by molar-refractivity contribution is -0.128. The molecule has 0 N–H and O–H groups in total. The third kappa shape index (κ3) is 5.13. The van der Waals surface area contributed by atoms with Gasteiger partial charge in [-0.3, -0.25) is 9.36 Å². The highest BCUT2D eigenvalue weighted by atomic mass is 32.2. The number of para-hydroxylation sites is 1. The van der Waals surface area contributed by atoms with E-state index in [0.29, 0.717) is 18.2 Å². The van der Waals surface area contributed by atoms with E-state index in [1.54, 1.807) is 17.4 Å². The molecular weight excluding hydrogens is 424 g/mol. The first kappa shape index (κ1) is 21.1. The summed E-state index contributed by atoms with van der Waals surface area (Å²) in [6.07, 6.45) is 1.76. The molecule has 1 amide bonds. The summed E-state index contributed by atoms with van der Waals surface area (Å²) in [6.45, 7) is 4.90. The van der Waals surface area contributed by atoms with E-state index in [-0.39, 0.29) is 11.7 Å². The van der Waals surface area contributed by atoms with Crippen LogP contribution in [0.2, 0.25) is 0 Å². The van der Waals surface area contributed by atoms with Gasteiger partial charge in [-0.1, -0.05) is 72.4 Å². The van der Waals surface area contributed by atoms with Gasteiger partial charge in [0, 0.05) is 22.7 Å². The molecule has 0 aliphatic heterocycles. The molecule has 31 heavy (non-hydrogen) atoms. The van der Waals surface area contributed by atoms with Crippen LogP contribution >= 0.6 is 23.1 Å². The van der Waals surface area contributed by atoms with Crippen LogP contribution < -0.4 is 0 Å². The molecule has 0 spiro atoms. The van der Waals surface area contributed by atoms with Gasteiger partial charge in [-0.05, 0) is 23.6 Å². The first-order valence-corrected chi connectivity index (χ1v) is 11.7. The Bertz CT molecular complexity index is 1130. The van der Waals surface area contributed by atoms with Crippen molar-refractivity contribution in [1.29, 1.82) is 0 Å². The number of nitrogens with zero attached hydrogens (tertiary/aromatic N) is 4. The van der Waals surface area contributed by atoms with Crippen LogP contribution in [0, 0.1) is 0 Å². The van der Waals surface area contributed by atoms with Gasteiger partial charge in [0.2, 0.25) is 5.91 Å². The Hall–Kier alpha value is -3.16. The van der Waals surface area contributed by atoms with Crippen molar-refractivity contribution in [1.82, 2.24) is 19.7 Å². The summed E-state index contributed by atoms with van der Waals surface area (Å²) in [5.74, 6) is 1.07. The fourth-order valence-corrected chi connectivity index (χ4v) is 4.74. The van der Waals surface area contributed by atoms with E-state index in [4.69, 9.17) is 0 Å². The first-order chi connectivity index (χ1) is 15.3. The molecule has 2 aromatic carbocycles. The molecule has 7 heteroatoms. The Balaban J connectivity index is 1.57. The number of hydrogen-bond donors (Lipinski definition) is 0. The second-order valence-corrected chi connectivity index (χ2v) is 8.75. The Kier molecular flexibility index (Phi) is 6.96. The summed E-state index contributed by atoms with van der Waals surface area (Å²) in [5.41, 5.74) is 1.94. The number of hydrogen-bond acceptors (Lipinski definition) is 5. The minimum atomic E-state index is 0.0437. The van der Waals surface area contributed by atoms with E-state index in [9.17, 15) is 4.79 Å². The standard InChI is InChI=1S/C24H22N4OS2/c1-2-15-27(17-21-14-9-16-30-21)22(29)18-31-24-26-25-23(19-10-5-3-6-11-19)28(24)20-12-7-4-8-13-20/h2-14,16H,1,15,17-18H2. The third-order valence-electron chi connectivity index (χ3n) is 4.63. The van der Waals surface area contributed by atoms with Crippen molar-refractivity contribution >= 4 is 29.0 Å². The SMILES string of the molecule is C=CCN(Cc1cccs1)C(=O)CSc1nnc(-c2ccccc2)n1-c1ccccc1. The summed E-state index contributed by atoms with van der Waals surface area (Å²) >= 11 is 3.05. The molecule has 5 nitrogen and oxygen atoms in total. The number of amides is 1. The Morgan fingerprint density at radius 3 is 2.45 bits per heavy atom. The van der Waals surface area contributed by atoms with E-state index in [0.717, 1.165) is 22.0 Å². The van der Waals surface area contributed by atoms with Crippen molar-refractivity contribution in [3.05, 3.63) is 95.7 Å². The highest BCUT2D eigenvalue weighted by Crippen LogP contribution is 2.28. The number of carbonyl (C=O) groups is 1. The van der Waals surface area contributed by atoms with Crippen LogP contribution in [0.3, 0.4) is 0 Å². The fourth-order valence-electron chi connectivity index (χ4n) is 3.17. The summed E-state index contributed by atoms with van der Waals surface area (Å²) in [6, 6.07) is 24.0. The van der Waals surface area contributed by atoms with E-state index in [1.165, 1.54) is 11.8 Å². The summed E-state index contributed by atoms with van der Waals surface area (Å²) in [4.78, 5) is 15.9. The molecule has 0 fully saturated rings. The lowest BCUT2D eigenvalue weighted by Gasteiger charge is -2.20. The second-order valence-electron chi connectivity index (χ2n) is 6.77. The monoisotopic (exact) mass is 446 g/mol. The van der Waals surface area contributed by atoms with Crippen molar-refractivity contribution in [2.45, 2.75) is 11.7 Å². The summed E-state index contributed by atoms with van der Waals surface area (Å²) < 4.78 is 2.00. The number of aromatic nitrogens is 3. The number of carbonyl (C=O) groups excluding carboxylic acids is 1. The number of rotatable bonds is 9. The molecule has 4 rings (SSSR count). The van der Waals surface area contributed by atoms with Gasteiger partial charge in [0.1, 0.15) is 0 Å². The number of thiophene rings is 1. The topological polar surface area (TPSA) is 51.0 Å². The van der Waals surface area contributed by atoms with Gasteiger partial charge in [0.05, 0.1) is 12.3 Å². The molecule has 156 valence electrons. The molecule has 0 unspecified atom stereocenters. The zero-order valence-electron chi connectivity index (χ0n) is 16.9. The van der Waals surface area contributed by atoms with Crippen LogP contribution in [-0.2, 0) is 11.3 Å². The molecule has 0 saturated carbocycles. The van der Waals surface area contributed by atoms with Crippen molar-refractivity contribution in [2.75, 3.05) is 12.3 Å². The van der Waals surface area contributed by atoms with Gasteiger partial charge in [-0.15, -0.1) is 28.1 Å². The number of thioether (sulfide) groups is 1. The van der Waals surface area contributed by atoms with Crippen molar-refractivity contribution in [2.24, 2.45) is 0 Å². The highest BCUT2D eigenvalue weighted by Gasteiger charge is 2.19. The molecule has 0 bridgehead atoms. The van der Waals surface area contributed by atoms with Crippen LogP contribution in [-0.4, -0.2) is 37.9 Å². The molecule has 0 saturated heterocycles. The maximum atomic E-state index is 13.0. The predicted octanol–water partition coefficient (Wildman–Crippen LogP) is 5.30. The normalized spacial score (nSPS) is 10.7. The third-order valence-corrected chi connectivity index (χ3v) is 6.41. The van der Waals surface area contributed by atoms with Gasteiger partial charge in [0.25, 0.3) is 0 Å². The maximum Gasteiger partial charge on any atom is 0.233 e. The predicted molar refractivity (Wildman–Crippen MR) is 127 cm³/mol. The Morgan fingerprint density at radius 2 is 1.77 bits per heavy atom. The highest BCUT2D eigenvalue weighted by molar-refractivity contribution is 7.99. The van der Waals surface area contributed by atoms with Gasteiger partial charge < -0.3 is 4.90 Å². The molecule has 4 aromatic rings. The lowest BCUT2D eigenvalue weighted by atomic mass is 10.2. The summed E-state index contributed by atoms with van der Waals surface area (Å²) in [7, 11) is 0. The van der Waals surface area contributed by atoms with Gasteiger partial charge in [-0.25, -0.2) is 0 Å². The molecule has 0 radical (unpaired) electrons. The van der Waals surface area contributed by atoms with Crippen LogP contribution in [0.15, 0.2) is 96.0 Å². The minimum Gasteiger partial charge on any atom is -0.333 e. The van der Waals surface area contributed by atoms with E-state index >= 15 is 0 Å². The van der Waals surface area contributed by atoms with Crippen LogP contribution in [0.5, 0.6) is 0 Å². The fraction of sp³-hybridized carbons (Fsp3) is 0.125. The molecule has 0 aliphatic rings. The van der Waals surface area contributed by atoms with E-state index < -0.39 is 0 Å². The number of benzene rings is 2. The summed E-state index contributed by atoms with van der Waals surface area (Å²) in [5, 5.41) is 11.6. The minimum absolute atomic E-state index is 0.0437. The van der Waals surface area contributed by atoms with Crippen LogP contribution in [0.4, 0.5) is 0 Å². The van der Waals surface area contributed by atoms with Gasteiger partial charge in [-0.2, -0.15) is 0 Å². The van der Waals surface area contributed by atoms with E-state index in [1.807, 2.05) is 87.6 Å². The smallest absolute Gasteiger partial charge is 0.233 e. The van der Waals surface area contributed by atoms with Crippen LogP contribution in [0.1, 0.15) is 4.88 Å². The average Bonchev–Trinajstić information content (AvgIpc) is 3.48. The van der Waals surface area contributed by atoms with Gasteiger partial charge >= 0.3 is 0 Å². The zero-order chi connectivity index (χ0) is 21.5. The average molecular weight is 447 g/mol. The lowest BCUT2D eigenvalue weighted by Crippen LogP contribution is -2.31. The Labute approximate surface area is 190 Å². The molecule has 0 aliphatic carbocycles.